The molecule has 0 heterocycles. The summed E-state index contributed by atoms with van der Waals surface area (Å²) in [4.78, 5) is 0. The van der Waals surface area contributed by atoms with Gasteiger partial charge in [-0.05, 0) is 41.2 Å². The Kier molecular flexibility index (Phi) is 2.85. The van der Waals surface area contributed by atoms with E-state index in [4.69, 9.17) is 0 Å². The fourth-order valence-electron chi connectivity index (χ4n) is 2.61. The Morgan fingerprint density at radius 3 is 2.61 bits per heavy atom. The Morgan fingerprint density at radius 1 is 0.889 bits per heavy atom. The predicted octanol–water partition coefficient (Wildman–Crippen LogP) is 4.85. The molecule has 0 aliphatic heterocycles. The zero-order chi connectivity index (χ0) is 12.4. The van der Waals surface area contributed by atoms with Crippen molar-refractivity contribution in [3.05, 3.63) is 77.4 Å². The lowest BCUT2D eigenvalue weighted by Gasteiger charge is -2.03. The summed E-state index contributed by atoms with van der Waals surface area (Å²) >= 11 is 0. The van der Waals surface area contributed by atoms with Gasteiger partial charge in [-0.3, -0.25) is 0 Å². The lowest BCUT2D eigenvalue weighted by molar-refractivity contribution is 1.25. The number of fused-ring (bicyclic) bond motifs is 3. The third kappa shape index (κ3) is 1.80. The molecule has 0 amide bonds. The quantitative estimate of drug-likeness (QED) is 0.554. The van der Waals surface area contributed by atoms with Crippen molar-refractivity contribution in [3.63, 3.8) is 0 Å². The highest BCUT2D eigenvalue weighted by Crippen LogP contribution is 2.38. The van der Waals surface area contributed by atoms with Crippen molar-refractivity contribution < 1.29 is 0 Å². The zero-order valence-electron chi connectivity index (χ0n) is 10.6. The summed E-state index contributed by atoms with van der Waals surface area (Å²) in [5.74, 6) is 0. The molecule has 0 N–H and O–H groups in total. The maximum Gasteiger partial charge on any atom is -0.000751 e. The van der Waals surface area contributed by atoms with Crippen LogP contribution in [0.25, 0.3) is 17.2 Å². The highest BCUT2D eigenvalue weighted by atomic mass is 14.2. The van der Waals surface area contributed by atoms with Gasteiger partial charge in [-0.25, -0.2) is 0 Å². The van der Waals surface area contributed by atoms with Crippen LogP contribution in [0.4, 0.5) is 0 Å². The highest BCUT2D eigenvalue weighted by Gasteiger charge is 2.18. The molecule has 0 aromatic heterocycles. The first-order chi connectivity index (χ1) is 8.90. The maximum atomic E-state index is 2.23. The summed E-state index contributed by atoms with van der Waals surface area (Å²) in [7, 11) is 0. The van der Waals surface area contributed by atoms with Crippen molar-refractivity contribution in [2.45, 2.75) is 13.3 Å². The first-order valence-corrected chi connectivity index (χ1v) is 6.39. The maximum absolute atomic E-state index is 2.23. The largest absolute Gasteiger partial charge is 0.0877 e. The molecule has 0 spiro atoms. The molecule has 0 saturated heterocycles. The number of benzene rings is 2. The third-order valence-electron chi connectivity index (χ3n) is 3.47. The molecular weight excluding hydrogens is 216 g/mol. The van der Waals surface area contributed by atoms with Gasteiger partial charge in [0.05, 0.1) is 0 Å². The molecule has 2 aromatic carbocycles. The van der Waals surface area contributed by atoms with Gasteiger partial charge in [0, 0.05) is 0 Å². The Balaban J connectivity index is 2.08. The van der Waals surface area contributed by atoms with Crippen LogP contribution in [0.2, 0.25) is 0 Å². The van der Waals surface area contributed by atoms with E-state index >= 15 is 0 Å². The fraction of sp³-hybridized carbons (Fsp3) is 0.111. The molecule has 0 radical (unpaired) electrons. The van der Waals surface area contributed by atoms with Gasteiger partial charge in [0.1, 0.15) is 0 Å². The van der Waals surface area contributed by atoms with Crippen molar-refractivity contribution in [3.8, 4) is 11.1 Å². The second kappa shape index (κ2) is 4.66. The van der Waals surface area contributed by atoms with E-state index in [1.54, 1.807) is 0 Å². The molecule has 0 nitrogen and oxygen atoms in total. The minimum absolute atomic E-state index is 1.06. The Labute approximate surface area is 108 Å². The number of allylic oxidation sites excluding steroid dienone is 3. The van der Waals surface area contributed by atoms with Crippen LogP contribution in [-0.2, 0) is 6.42 Å². The third-order valence-corrected chi connectivity index (χ3v) is 3.47. The minimum Gasteiger partial charge on any atom is -0.0877 e. The molecule has 0 saturated carbocycles. The van der Waals surface area contributed by atoms with Crippen LogP contribution >= 0.6 is 0 Å². The summed E-state index contributed by atoms with van der Waals surface area (Å²) in [6.07, 6.45) is 9.49. The molecule has 1 aliphatic rings. The van der Waals surface area contributed by atoms with Crippen LogP contribution in [0, 0.1) is 0 Å². The van der Waals surface area contributed by atoms with E-state index < -0.39 is 0 Å². The predicted molar refractivity (Wildman–Crippen MR) is 78.5 cm³/mol. The Bertz CT molecular complexity index is 630. The molecule has 0 bridgehead atoms. The van der Waals surface area contributed by atoms with E-state index in [0.717, 1.165) is 6.42 Å². The average Bonchev–Trinajstić information content (AvgIpc) is 2.79. The van der Waals surface area contributed by atoms with E-state index in [0.29, 0.717) is 0 Å². The normalized spacial score (nSPS) is 13.2. The van der Waals surface area contributed by atoms with Gasteiger partial charge in [0.25, 0.3) is 0 Å². The van der Waals surface area contributed by atoms with Crippen LogP contribution in [0.15, 0.2) is 60.7 Å². The molecule has 88 valence electrons. The van der Waals surface area contributed by atoms with E-state index in [1.807, 2.05) is 6.92 Å². The van der Waals surface area contributed by atoms with Gasteiger partial charge in [-0.15, -0.1) is 0 Å². The summed E-state index contributed by atoms with van der Waals surface area (Å²) in [6.45, 7) is 2.04. The van der Waals surface area contributed by atoms with Gasteiger partial charge in [0.15, 0.2) is 0 Å². The van der Waals surface area contributed by atoms with Crippen LogP contribution in [0.1, 0.15) is 23.6 Å². The standard InChI is InChI=1S/C18H16/c1-2-3-4-8-14-10-7-12-17-16-11-6-5-9-15(16)13-18(14)17/h2-12H,13H2,1H3. The smallest absolute Gasteiger partial charge is 0.000751 e. The molecule has 3 rings (SSSR count). The fourth-order valence-corrected chi connectivity index (χ4v) is 2.61. The van der Waals surface area contributed by atoms with Crippen LogP contribution in [0.5, 0.6) is 0 Å². The van der Waals surface area contributed by atoms with Gasteiger partial charge < -0.3 is 0 Å². The van der Waals surface area contributed by atoms with E-state index in [1.165, 1.54) is 27.8 Å². The summed E-state index contributed by atoms with van der Waals surface area (Å²) in [5, 5.41) is 0. The van der Waals surface area contributed by atoms with Gasteiger partial charge in [-0.1, -0.05) is 66.8 Å². The second-order valence-corrected chi connectivity index (χ2v) is 4.59. The monoisotopic (exact) mass is 232 g/mol. The first kappa shape index (κ1) is 11.0. The average molecular weight is 232 g/mol. The first-order valence-electron chi connectivity index (χ1n) is 6.39. The summed E-state index contributed by atoms with van der Waals surface area (Å²) < 4.78 is 0. The van der Waals surface area contributed by atoms with Crippen molar-refractivity contribution in [1.29, 1.82) is 0 Å². The van der Waals surface area contributed by atoms with Crippen LogP contribution < -0.4 is 0 Å². The topological polar surface area (TPSA) is 0 Å². The van der Waals surface area contributed by atoms with Crippen molar-refractivity contribution >= 4 is 6.08 Å². The number of hydrogen-bond donors (Lipinski definition) is 0. The minimum atomic E-state index is 1.06. The molecule has 18 heavy (non-hydrogen) atoms. The highest BCUT2D eigenvalue weighted by molar-refractivity contribution is 5.80. The van der Waals surface area contributed by atoms with E-state index in [2.05, 4.69) is 66.8 Å². The lowest BCUT2D eigenvalue weighted by Crippen LogP contribution is -1.85. The van der Waals surface area contributed by atoms with Gasteiger partial charge >= 0.3 is 0 Å². The summed E-state index contributed by atoms with van der Waals surface area (Å²) in [5.41, 5.74) is 7.03. The van der Waals surface area contributed by atoms with Crippen LogP contribution in [-0.4, -0.2) is 0 Å². The molecule has 0 atom stereocenters. The van der Waals surface area contributed by atoms with Gasteiger partial charge in [-0.2, -0.15) is 0 Å². The molecular formula is C18H16. The summed E-state index contributed by atoms with van der Waals surface area (Å²) in [6, 6.07) is 15.3. The Morgan fingerprint density at radius 2 is 1.72 bits per heavy atom. The van der Waals surface area contributed by atoms with E-state index in [-0.39, 0.29) is 0 Å². The second-order valence-electron chi connectivity index (χ2n) is 4.59. The van der Waals surface area contributed by atoms with E-state index in [9.17, 15) is 0 Å². The molecule has 1 aliphatic carbocycles. The van der Waals surface area contributed by atoms with Gasteiger partial charge in [0.2, 0.25) is 0 Å². The van der Waals surface area contributed by atoms with Crippen molar-refractivity contribution in [1.82, 2.24) is 0 Å². The van der Waals surface area contributed by atoms with Crippen molar-refractivity contribution in [2.24, 2.45) is 0 Å². The number of hydrogen-bond acceptors (Lipinski definition) is 0. The lowest BCUT2D eigenvalue weighted by atomic mass is 10.0. The van der Waals surface area contributed by atoms with Crippen molar-refractivity contribution in [2.75, 3.05) is 0 Å². The molecule has 0 unspecified atom stereocenters. The molecule has 0 heteroatoms. The Hall–Kier alpha value is -2.08. The van der Waals surface area contributed by atoms with Crippen LogP contribution in [0.3, 0.4) is 0 Å². The molecule has 2 aromatic rings. The molecule has 0 fully saturated rings. The SMILES string of the molecule is CC=CC=Cc1cccc2c1Cc1ccccc1-2. The zero-order valence-corrected chi connectivity index (χ0v) is 10.6. The number of rotatable bonds is 2.